The molecule has 0 spiro atoms. The van der Waals surface area contributed by atoms with Gasteiger partial charge in [0.1, 0.15) is 18.1 Å². The van der Waals surface area contributed by atoms with Crippen molar-refractivity contribution in [3.63, 3.8) is 0 Å². The van der Waals surface area contributed by atoms with Crippen molar-refractivity contribution in [1.82, 2.24) is 0 Å². The molecule has 0 heterocycles. The molecule has 0 amide bonds. The van der Waals surface area contributed by atoms with Crippen LogP contribution < -0.4 is 0 Å². The lowest BCUT2D eigenvalue weighted by Crippen LogP contribution is -2.14. The van der Waals surface area contributed by atoms with Crippen LogP contribution in [0.4, 0.5) is 0 Å². The fourth-order valence-electron chi connectivity index (χ4n) is 2.16. The molecule has 0 aromatic heterocycles. The summed E-state index contributed by atoms with van der Waals surface area (Å²) < 4.78 is 5.54. The van der Waals surface area contributed by atoms with Gasteiger partial charge in [-0.3, -0.25) is 5.41 Å². The summed E-state index contributed by atoms with van der Waals surface area (Å²) >= 11 is 12.4. The van der Waals surface area contributed by atoms with Crippen LogP contribution in [0.15, 0.2) is 54.0 Å². The number of benzene rings is 1. The lowest BCUT2D eigenvalue weighted by atomic mass is 10.00. The third-order valence-corrected chi connectivity index (χ3v) is 4.17. The molecule has 1 saturated carbocycles. The SMILES string of the molecule is C=C(/C=C\C)OC/C(C(=N)c1c(Cl)cccc1Cl)=C(/O)C1CC1. The van der Waals surface area contributed by atoms with E-state index in [4.69, 9.17) is 33.3 Å². The number of aliphatic hydroxyl groups excluding tert-OH is 1. The summed E-state index contributed by atoms with van der Waals surface area (Å²) in [7, 11) is 0. The van der Waals surface area contributed by atoms with Gasteiger partial charge in [0.05, 0.1) is 21.3 Å². The third-order valence-electron chi connectivity index (χ3n) is 3.54. The van der Waals surface area contributed by atoms with Crippen molar-refractivity contribution < 1.29 is 9.84 Å². The lowest BCUT2D eigenvalue weighted by molar-refractivity contribution is 0.250. The second kappa shape index (κ2) is 7.71. The first-order valence-electron chi connectivity index (χ1n) is 7.35. The molecule has 1 aromatic carbocycles. The number of hydrogen-bond acceptors (Lipinski definition) is 3. The molecule has 3 nitrogen and oxygen atoms in total. The van der Waals surface area contributed by atoms with E-state index in [2.05, 4.69) is 6.58 Å². The Labute approximate surface area is 146 Å². The van der Waals surface area contributed by atoms with Crippen molar-refractivity contribution in [2.24, 2.45) is 5.92 Å². The van der Waals surface area contributed by atoms with E-state index in [0.29, 0.717) is 26.9 Å². The maximum Gasteiger partial charge on any atom is 0.119 e. The molecule has 1 aliphatic rings. The highest BCUT2D eigenvalue weighted by Gasteiger charge is 2.31. The Balaban J connectivity index is 2.32. The summed E-state index contributed by atoms with van der Waals surface area (Å²) in [6.45, 7) is 5.67. The Kier molecular flexibility index (Phi) is 5.91. The highest BCUT2D eigenvalue weighted by molar-refractivity contribution is 6.41. The largest absolute Gasteiger partial charge is 0.512 e. The Hall–Kier alpha value is -1.71. The van der Waals surface area contributed by atoms with Gasteiger partial charge in [0.25, 0.3) is 0 Å². The molecule has 2 rings (SSSR count). The summed E-state index contributed by atoms with van der Waals surface area (Å²) in [6.07, 6.45) is 5.35. The number of halogens is 2. The van der Waals surface area contributed by atoms with Crippen LogP contribution in [0.1, 0.15) is 25.3 Å². The smallest absolute Gasteiger partial charge is 0.119 e. The molecular formula is C18H19Cl2NO2. The van der Waals surface area contributed by atoms with E-state index in [1.54, 1.807) is 24.3 Å². The van der Waals surface area contributed by atoms with E-state index in [9.17, 15) is 5.11 Å². The highest BCUT2D eigenvalue weighted by atomic mass is 35.5. The molecule has 1 aliphatic carbocycles. The zero-order valence-electron chi connectivity index (χ0n) is 12.9. The number of aliphatic hydroxyl groups is 1. The lowest BCUT2D eigenvalue weighted by Gasteiger charge is -2.15. The predicted octanol–water partition coefficient (Wildman–Crippen LogP) is 5.69. The van der Waals surface area contributed by atoms with Crippen LogP contribution in [0.25, 0.3) is 0 Å². The normalized spacial score (nSPS) is 15.4. The molecule has 2 N–H and O–H groups in total. The first kappa shape index (κ1) is 17.6. The molecular weight excluding hydrogens is 333 g/mol. The van der Waals surface area contributed by atoms with Crippen LogP contribution in [-0.2, 0) is 4.74 Å². The molecule has 1 aromatic rings. The Morgan fingerprint density at radius 3 is 2.52 bits per heavy atom. The van der Waals surface area contributed by atoms with Crippen LogP contribution in [0.2, 0.25) is 10.0 Å². The number of allylic oxidation sites excluding steroid dienone is 3. The maximum absolute atomic E-state index is 10.4. The average molecular weight is 352 g/mol. The highest BCUT2D eigenvalue weighted by Crippen LogP contribution is 2.38. The van der Waals surface area contributed by atoms with Gasteiger partial charge in [-0.15, -0.1) is 0 Å². The summed E-state index contributed by atoms with van der Waals surface area (Å²) in [5.74, 6) is 0.733. The number of hydrogen-bond donors (Lipinski definition) is 2. The van der Waals surface area contributed by atoms with Gasteiger partial charge in [0.2, 0.25) is 0 Å². The van der Waals surface area contributed by atoms with Crippen LogP contribution in [0, 0.1) is 11.3 Å². The second-order valence-corrected chi connectivity index (χ2v) is 6.18. The van der Waals surface area contributed by atoms with Crippen LogP contribution >= 0.6 is 23.2 Å². The molecule has 0 bridgehead atoms. The molecule has 5 heteroatoms. The molecule has 23 heavy (non-hydrogen) atoms. The number of rotatable bonds is 7. The van der Waals surface area contributed by atoms with E-state index < -0.39 is 0 Å². The van der Waals surface area contributed by atoms with Gasteiger partial charge >= 0.3 is 0 Å². The van der Waals surface area contributed by atoms with E-state index in [1.165, 1.54) is 0 Å². The van der Waals surface area contributed by atoms with Gasteiger partial charge in [0.15, 0.2) is 0 Å². The summed E-state index contributed by atoms with van der Waals surface area (Å²) in [6, 6.07) is 5.06. The molecule has 0 saturated heterocycles. The third kappa shape index (κ3) is 4.40. The van der Waals surface area contributed by atoms with E-state index in [1.807, 2.05) is 13.0 Å². The van der Waals surface area contributed by atoms with Gasteiger partial charge in [-0.05, 0) is 38.0 Å². The molecule has 0 unspecified atom stereocenters. The van der Waals surface area contributed by atoms with Crippen molar-refractivity contribution >= 4 is 28.9 Å². The van der Waals surface area contributed by atoms with Crippen LogP contribution in [0.3, 0.4) is 0 Å². The average Bonchev–Trinajstić information content (AvgIpc) is 3.32. The first-order valence-corrected chi connectivity index (χ1v) is 8.11. The minimum Gasteiger partial charge on any atom is -0.512 e. The van der Waals surface area contributed by atoms with Gasteiger partial charge in [0, 0.05) is 11.5 Å². The maximum atomic E-state index is 10.4. The van der Waals surface area contributed by atoms with Crippen molar-refractivity contribution in [3.8, 4) is 0 Å². The van der Waals surface area contributed by atoms with Crippen molar-refractivity contribution in [2.45, 2.75) is 19.8 Å². The molecule has 1 fully saturated rings. The van der Waals surface area contributed by atoms with Crippen LogP contribution in [0.5, 0.6) is 0 Å². The predicted molar refractivity (Wildman–Crippen MR) is 95.6 cm³/mol. The summed E-state index contributed by atoms with van der Waals surface area (Å²) in [4.78, 5) is 0. The zero-order chi connectivity index (χ0) is 17.0. The molecule has 0 atom stereocenters. The Morgan fingerprint density at radius 1 is 1.39 bits per heavy atom. The standard InChI is InChI=1S/C18H19Cl2NO2/c1-3-5-11(2)23-10-13(18(22)12-8-9-12)17(21)16-14(19)6-4-7-15(16)20/h3-7,12,21-22H,2,8-10H2,1H3/b5-3-,18-13-,21-17?. The Bertz CT molecular complexity index is 668. The molecule has 0 aliphatic heterocycles. The second-order valence-electron chi connectivity index (χ2n) is 5.36. The van der Waals surface area contributed by atoms with E-state index in [-0.39, 0.29) is 24.0 Å². The van der Waals surface area contributed by atoms with E-state index in [0.717, 1.165) is 12.8 Å². The van der Waals surface area contributed by atoms with Crippen molar-refractivity contribution in [2.75, 3.05) is 6.61 Å². The van der Waals surface area contributed by atoms with Crippen molar-refractivity contribution in [1.29, 1.82) is 5.41 Å². The topological polar surface area (TPSA) is 53.3 Å². The van der Waals surface area contributed by atoms with Gasteiger partial charge in [-0.25, -0.2) is 0 Å². The van der Waals surface area contributed by atoms with Gasteiger partial charge < -0.3 is 9.84 Å². The summed E-state index contributed by atoms with van der Waals surface area (Å²) in [5, 5.41) is 19.6. The quantitative estimate of drug-likeness (QED) is 0.376. The van der Waals surface area contributed by atoms with E-state index >= 15 is 0 Å². The van der Waals surface area contributed by atoms with Crippen molar-refractivity contribution in [3.05, 3.63) is 69.6 Å². The number of nitrogens with one attached hydrogen (secondary N) is 1. The fourth-order valence-corrected chi connectivity index (χ4v) is 2.75. The minimum absolute atomic E-state index is 0.0475. The van der Waals surface area contributed by atoms with Gasteiger partial charge in [-0.2, -0.15) is 0 Å². The minimum atomic E-state index is 0.0475. The van der Waals surface area contributed by atoms with Crippen LogP contribution in [-0.4, -0.2) is 17.4 Å². The molecule has 122 valence electrons. The summed E-state index contributed by atoms with van der Waals surface area (Å²) in [5.41, 5.74) is 0.879. The Morgan fingerprint density at radius 2 is 2.00 bits per heavy atom. The monoisotopic (exact) mass is 351 g/mol. The first-order chi connectivity index (χ1) is 11.0. The zero-order valence-corrected chi connectivity index (χ0v) is 14.4. The van der Waals surface area contributed by atoms with Gasteiger partial charge in [-0.1, -0.05) is 41.9 Å². The number of ether oxygens (including phenoxy) is 1. The molecule has 0 radical (unpaired) electrons. The fraction of sp³-hybridized carbons (Fsp3) is 0.278.